The maximum atomic E-state index is 12.7. The second-order valence-electron chi connectivity index (χ2n) is 7.13. The molecule has 4 nitrogen and oxygen atoms in total. The maximum absolute atomic E-state index is 12.7. The number of nitrogens with zero attached hydrogens (tertiary/aromatic N) is 3. The van der Waals surface area contributed by atoms with E-state index in [0.29, 0.717) is 0 Å². The summed E-state index contributed by atoms with van der Waals surface area (Å²) in [4.78, 5) is 19.4. The van der Waals surface area contributed by atoms with Crippen LogP contribution in [0, 0.1) is 5.92 Å². The van der Waals surface area contributed by atoms with Gasteiger partial charge in [-0.05, 0) is 57.5 Å². The first-order chi connectivity index (χ1) is 11.1. The molecule has 2 saturated heterocycles. The number of benzene rings is 1. The third-order valence-corrected chi connectivity index (χ3v) is 5.42. The van der Waals surface area contributed by atoms with E-state index in [2.05, 4.69) is 23.8 Å². The lowest BCUT2D eigenvalue weighted by Crippen LogP contribution is -2.44. The van der Waals surface area contributed by atoms with Crippen LogP contribution in [0.1, 0.15) is 26.2 Å². The molecule has 0 unspecified atom stereocenters. The summed E-state index contributed by atoms with van der Waals surface area (Å²) in [7, 11) is 2.10. The Morgan fingerprint density at radius 3 is 2.48 bits per heavy atom. The number of likely N-dealkylation sites (tertiary alicyclic amines) is 1. The van der Waals surface area contributed by atoms with E-state index in [1.165, 1.54) is 25.9 Å². The summed E-state index contributed by atoms with van der Waals surface area (Å²) in [6.45, 7) is 7.66. The van der Waals surface area contributed by atoms with Gasteiger partial charge in [0.15, 0.2) is 0 Å². The predicted octanol–water partition coefficient (Wildman–Crippen LogP) is 2.46. The highest BCUT2D eigenvalue weighted by atomic mass is 16.2. The van der Waals surface area contributed by atoms with Gasteiger partial charge in [-0.25, -0.2) is 0 Å². The molecule has 0 aromatic heterocycles. The number of hydrogen-bond donors (Lipinski definition) is 0. The number of carbonyl (C=O) groups excluding carboxylic acids is 1. The van der Waals surface area contributed by atoms with Crippen molar-refractivity contribution in [1.29, 1.82) is 0 Å². The van der Waals surface area contributed by atoms with Crippen LogP contribution in [0.15, 0.2) is 30.3 Å². The van der Waals surface area contributed by atoms with Gasteiger partial charge in [0.05, 0.1) is 6.04 Å². The lowest BCUT2D eigenvalue weighted by Gasteiger charge is -2.32. The molecular formula is C19H29N3O. The average Bonchev–Trinajstić information content (AvgIpc) is 2.96. The number of piperidine rings is 1. The summed E-state index contributed by atoms with van der Waals surface area (Å²) in [6, 6.07) is 10.1. The molecular weight excluding hydrogens is 286 g/mol. The second-order valence-corrected chi connectivity index (χ2v) is 7.13. The van der Waals surface area contributed by atoms with Gasteiger partial charge in [0, 0.05) is 25.3 Å². The highest BCUT2D eigenvalue weighted by Gasteiger charge is 2.35. The molecule has 0 bridgehead atoms. The van der Waals surface area contributed by atoms with E-state index < -0.39 is 0 Å². The largest absolute Gasteiger partial charge is 0.311 e. The van der Waals surface area contributed by atoms with Crippen molar-refractivity contribution >= 4 is 11.6 Å². The van der Waals surface area contributed by atoms with E-state index in [0.717, 1.165) is 37.7 Å². The summed E-state index contributed by atoms with van der Waals surface area (Å²) in [5.41, 5.74) is 1.03. The standard InChI is InChI=1S/C19H29N3O/c1-16-8-11-21(12-9-16)15-14-20(2)18-10-13-22(19(18)23)17-6-4-3-5-7-17/h3-7,16,18H,8-15H2,1-2H3/t18-/m0/s1. The number of carbonyl (C=O) groups is 1. The molecule has 0 aliphatic carbocycles. The first kappa shape index (κ1) is 16.5. The fraction of sp³-hybridized carbons (Fsp3) is 0.632. The van der Waals surface area contributed by atoms with E-state index in [9.17, 15) is 4.79 Å². The Labute approximate surface area is 140 Å². The quantitative estimate of drug-likeness (QED) is 0.835. The molecule has 0 radical (unpaired) electrons. The monoisotopic (exact) mass is 315 g/mol. The van der Waals surface area contributed by atoms with Crippen molar-refractivity contribution in [2.75, 3.05) is 44.7 Å². The molecule has 1 aromatic rings. The molecule has 1 aromatic carbocycles. The van der Waals surface area contributed by atoms with E-state index in [1.807, 2.05) is 35.2 Å². The molecule has 2 aliphatic heterocycles. The van der Waals surface area contributed by atoms with Gasteiger partial charge in [0.25, 0.3) is 0 Å². The third-order valence-electron chi connectivity index (χ3n) is 5.42. The molecule has 3 rings (SSSR count). The number of rotatable bonds is 5. The minimum Gasteiger partial charge on any atom is -0.311 e. The van der Waals surface area contributed by atoms with Crippen molar-refractivity contribution in [1.82, 2.24) is 9.80 Å². The summed E-state index contributed by atoms with van der Waals surface area (Å²) in [6.07, 6.45) is 3.56. The summed E-state index contributed by atoms with van der Waals surface area (Å²) in [5.74, 6) is 1.13. The lowest BCUT2D eigenvalue weighted by molar-refractivity contribution is -0.121. The molecule has 0 N–H and O–H groups in total. The molecule has 1 amide bonds. The van der Waals surface area contributed by atoms with Crippen LogP contribution in [0.5, 0.6) is 0 Å². The Kier molecular flexibility index (Phi) is 5.34. The van der Waals surface area contributed by atoms with Crippen molar-refractivity contribution < 1.29 is 4.79 Å². The van der Waals surface area contributed by atoms with E-state index >= 15 is 0 Å². The summed E-state index contributed by atoms with van der Waals surface area (Å²) < 4.78 is 0. The van der Waals surface area contributed by atoms with E-state index in [1.54, 1.807) is 0 Å². The van der Waals surface area contributed by atoms with Gasteiger partial charge in [-0.3, -0.25) is 9.69 Å². The first-order valence-electron chi connectivity index (χ1n) is 8.94. The maximum Gasteiger partial charge on any atom is 0.244 e. The third kappa shape index (κ3) is 3.93. The number of likely N-dealkylation sites (N-methyl/N-ethyl adjacent to an activating group) is 1. The summed E-state index contributed by atoms with van der Waals surface area (Å²) in [5, 5.41) is 0. The van der Waals surface area contributed by atoms with Gasteiger partial charge in [0.2, 0.25) is 5.91 Å². The zero-order valence-corrected chi connectivity index (χ0v) is 14.4. The zero-order valence-electron chi connectivity index (χ0n) is 14.4. The van der Waals surface area contributed by atoms with Crippen molar-refractivity contribution in [3.8, 4) is 0 Å². The second kappa shape index (κ2) is 7.45. The molecule has 0 saturated carbocycles. The Bertz CT molecular complexity index is 511. The van der Waals surface area contributed by atoms with Crippen molar-refractivity contribution in [2.45, 2.75) is 32.2 Å². The van der Waals surface area contributed by atoms with Gasteiger partial charge >= 0.3 is 0 Å². The minimum atomic E-state index is 0.0407. The number of para-hydroxylation sites is 1. The van der Waals surface area contributed by atoms with Gasteiger partial charge in [-0.15, -0.1) is 0 Å². The predicted molar refractivity (Wildman–Crippen MR) is 94.7 cm³/mol. The Balaban J connectivity index is 1.50. The van der Waals surface area contributed by atoms with Crippen LogP contribution >= 0.6 is 0 Å². The highest BCUT2D eigenvalue weighted by molar-refractivity contribution is 5.99. The van der Waals surface area contributed by atoms with Crippen LogP contribution in [0.3, 0.4) is 0 Å². The normalized spacial score (nSPS) is 23.9. The SMILES string of the molecule is CC1CCN(CCN(C)[C@H]2CCN(c3ccccc3)C2=O)CC1. The van der Waals surface area contributed by atoms with Gasteiger partial charge in [0.1, 0.15) is 0 Å². The van der Waals surface area contributed by atoms with Gasteiger partial charge < -0.3 is 9.80 Å². The van der Waals surface area contributed by atoms with Crippen LogP contribution in [0.4, 0.5) is 5.69 Å². The Morgan fingerprint density at radius 1 is 1.09 bits per heavy atom. The van der Waals surface area contributed by atoms with E-state index in [-0.39, 0.29) is 11.9 Å². The fourth-order valence-corrected chi connectivity index (χ4v) is 3.68. The molecule has 4 heteroatoms. The number of anilines is 1. The highest BCUT2D eigenvalue weighted by Crippen LogP contribution is 2.23. The summed E-state index contributed by atoms with van der Waals surface area (Å²) >= 11 is 0. The fourth-order valence-electron chi connectivity index (χ4n) is 3.68. The van der Waals surface area contributed by atoms with Crippen molar-refractivity contribution in [3.63, 3.8) is 0 Å². The molecule has 23 heavy (non-hydrogen) atoms. The Hall–Kier alpha value is -1.39. The number of hydrogen-bond acceptors (Lipinski definition) is 3. The molecule has 1 atom stereocenters. The Morgan fingerprint density at radius 2 is 1.78 bits per heavy atom. The van der Waals surface area contributed by atoms with Gasteiger partial charge in [-0.1, -0.05) is 25.1 Å². The van der Waals surface area contributed by atoms with Crippen molar-refractivity contribution in [3.05, 3.63) is 30.3 Å². The van der Waals surface area contributed by atoms with Gasteiger partial charge in [-0.2, -0.15) is 0 Å². The van der Waals surface area contributed by atoms with Crippen LogP contribution in [-0.2, 0) is 4.79 Å². The molecule has 126 valence electrons. The zero-order chi connectivity index (χ0) is 16.2. The van der Waals surface area contributed by atoms with Crippen molar-refractivity contribution in [2.24, 2.45) is 5.92 Å². The van der Waals surface area contributed by atoms with Crippen LogP contribution < -0.4 is 4.90 Å². The molecule has 0 spiro atoms. The number of amides is 1. The smallest absolute Gasteiger partial charge is 0.244 e. The van der Waals surface area contributed by atoms with E-state index in [4.69, 9.17) is 0 Å². The molecule has 2 fully saturated rings. The topological polar surface area (TPSA) is 26.8 Å². The van der Waals surface area contributed by atoms with Crippen LogP contribution in [0.2, 0.25) is 0 Å². The first-order valence-corrected chi connectivity index (χ1v) is 8.94. The average molecular weight is 315 g/mol. The lowest BCUT2D eigenvalue weighted by atomic mass is 9.99. The van der Waals surface area contributed by atoms with Crippen LogP contribution in [0.25, 0.3) is 0 Å². The molecule has 2 heterocycles. The minimum absolute atomic E-state index is 0.0407. The van der Waals surface area contributed by atoms with Crippen LogP contribution in [-0.4, -0.2) is 61.5 Å². The molecule has 2 aliphatic rings.